The molecule has 0 radical (unpaired) electrons. The highest BCUT2D eigenvalue weighted by molar-refractivity contribution is 5.77. The summed E-state index contributed by atoms with van der Waals surface area (Å²) in [5.74, 6) is 0.418. The third kappa shape index (κ3) is 3.48. The molecule has 2 N–H and O–H groups in total. The van der Waals surface area contributed by atoms with Crippen LogP contribution in [-0.4, -0.2) is 30.9 Å². The fourth-order valence-electron chi connectivity index (χ4n) is 5.18. The van der Waals surface area contributed by atoms with Gasteiger partial charge in [-0.05, 0) is 69.0 Å². The summed E-state index contributed by atoms with van der Waals surface area (Å²) in [6, 6.07) is 12.4. The highest BCUT2D eigenvalue weighted by atomic mass is 16.1. The molecule has 36 heavy (non-hydrogen) atoms. The third-order valence-electron chi connectivity index (χ3n) is 7.45. The van der Waals surface area contributed by atoms with E-state index in [0.717, 1.165) is 24.5 Å². The van der Waals surface area contributed by atoms with Gasteiger partial charge in [0.15, 0.2) is 5.65 Å². The summed E-state index contributed by atoms with van der Waals surface area (Å²) < 4.78 is 3.41. The summed E-state index contributed by atoms with van der Waals surface area (Å²) in [6.07, 6.45) is 5.73. The zero-order valence-corrected chi connectivity index (χ0v) is 20.7. The molecule has 4 aromatic rings. The van der Waals surface area contributed by atoms with Gasteiger partial charge < -0.3 is 10.6 Å². The molecule has 1 spiro atoms. The summed E-state index contributed by atoms with van der Waals surface area (Å²) in [7, 11) is 0. The number of nitrogens with zero attached hydrogens (tertiary/aromatic N) is 6. The van der Waals surface area contributed by atoms with Crippen LogP contribution < -0.4 is 16.2 Å². The van der Waals surface area contributed by atoms with Crippen molar-refractivity contribution in [3.05, 3.63) is 69.9 Å². The Bertz CT molecular complexity index is 1600. The number of aromatic nitrogens is 5. The molecule has 2 aliphatic rings. The van der Waals surface area contributed by atoms with Crippen LogP contribution in [0.15, 0.2) is 47.5 Å². The minimum atomic E-state index is -0.766. The number of anilines is 2. The summed E-state index contributed by atoms with van der Waals surface area (Å²) >= 11 is 0. The molecule has 9 nitrogen and oxygen atoms in total. The lowest BCUT2D eigenvalue weighted by Gasteiger charge is -2.26. The Morgan fingerprint density at radius 1 is 1.22 bits per heavy atom. The van der Waals surface area contributed by atoms with Crippen LogP contribution in [-0.2, 0) is 23.9 Å². The lowest BCUT2D eigenvalue weighted by atomic mass is 9.88. The van der Waals surface area contributed by atoms with E-state index < -0.39 is 5.41 Å². The van der Waals surface area contributed by atoms with Crippen molar-refractivity contribution in [3.63, 3.8) is 0 Å². The fourth-order valence-corrected chi connectivity index (χ4v) is 5.18. The highest BCUT2D eigenvalue weighted by Gasteiger charge is 2.46. The van der Waals surface area contributed by atoms with Gasteiger partial charge in [-0.1, -0.05) is 6.07 Å². The number of rotatable bonds is 5. The topological polar surface area (TPSA) is 113 Å². The van der Waals surface area contributed by atoms with Gasteiger partial charge in [-0.25, -0.2) is 14.3 Å². The maximum Gasteiger partial charge on any atom is 0.278 e. The van der Waals surface area contributed by atoms with Crippen molar-refractivity contribution in [2.75, 3.05) is 11.9 Å². The summed E-state index contributed by atoms with van der Waals surface area (Å²) in [6.45, 7) is 7.93. The third-order valence-corrected chi connectivity index (χ3v) is 7.45. The van der Waals surface area contributed by atoms with Gasteiger partial charge in [-0.2, -0.15) is 10.2 Å². The number of hydrogen-bond donors (Lipinski definition) is 2. The molecule has 0 saturated heterocycles. The van der Waals surface area contributed by atoms with Gasteiger partial charge in [-0.15, -0.1) is 0 Å². The van der Waals surface area contributed by atoms with Gasteiger partial charge in [0.25, 0.3) is 5.56 Å². The Balaban J connectivity index is 1.42. The smallest absolute Gasteiger partial charge is 0.278 e. The monoisotopic (exact) mass is 480 g/mol. The first-order chi connectivity index (χ1) is 17.3. The van der Waals surface area contributed by atoms with Crippen LogP contribution in [0.4, 0.5) is 11.6 Å². The molecular weight excluding hydrogens is 452 g/mol. The molecule has 6 rings (SSSR count). The van der Waals surface area contributed by atoms with E-state index in [4.69, 9.17) is 4.98 Å². The first-order valence-corrected chi connectivity index (χ1v) is 12.3. The van der Waals surface area contributed by atoms with E-state index in [1.807, 2.05) is 32.9 Å². The molecule has 0 unspecified atom stereocenters. The Labute approximate surface area is 208 Å². The van der Waals surface area contributed by atoms with E-state index in [0.29, 0.717) is 34.6 Å². The van der Waals surface area contributed by atoms with Gasteiger partial charge in [0.1, 0.15) is 5.39 Å². The van der Waals surface area contributed by atoms with Crippen molar-refractivity contribution in [1.29, 1.82) is 5.26 Å². The van der Waals surface area contributed by atoms with Crippen molar-refractivity contribution >= 4 is 22.7 Å². The minimum absolute atomic E-state index is 0.161. The summed E-state index contributed by atoms with van der Waals surface area (Å²) in [5, 5.41) is 16.9. The first-order valence-electron chi connectivity index (χ1n) is 12.3. The molecule has 182 valence electrons. The fraction of sp³-hybridized carbons (Fsp3) is 0.370. The maximum atomic E-state index is 13.2. The second-order valence-corrected chi connectivity index (χ2v) is 10.3. The molecule has 0 atom stereocenters. The Hall–Kier alpha value is -4.03. The van der Waals surface area contributed by atoms with Crippen molar-refractivity contribution in [3.8, 4) is 11.8 Å². The number of nitriles is 1. The molecule has 9 heteroatoms. The van der Waals surface area contributed by atoms with Crippen LogP contribution in [0, 0.1) is 11.3 Å². The van der Waals surface area contributed by atoms with Crippen molar-refractivity contribution in [2.45, 2.75) is 57.5 Å². The molecule has 1 fully saturated rings. The molecule has 0 amide bonds. The van der Waals surface area contributed by atoms with Crippen LogP contribution in [0.2, 0.25) is 0 Å². The molecular formula is C27H28N8O. The van der Waals surface area contributed by atoms with Crippen molar-refractivity contribution in [1.82, 2.24) is 29.6 Å². The van der Waals surface area contributed by atoms with E-state index in [1.54, 1.807) is 21.8 Å². The summed E-state index contributed by atoms with van der Waals surface area (Å²) in [4.78, 5) is 26.8. The number of pyridine rings is 1. The van der Waals surface area contributed by atoms with Gasteiger partial charge in [0, 0.05) is 43.1 Å². The van der Waals surface area contributed by atoms with Crippen LogP contribution >= 0.6 is 0 Å². The summed E-state index contributed by atoms with van der Waals surface area (Å²) in [5.41, 5.74) is 4.92. The number of hydrogen-bond acceptors (Lipinski definition) is 7. The van der Waals surface area contributed by atoms with Crippen LogP contribution in [0.25, 0.3) is 16.7 Å². The highest BCUT2D eigenvalue weighted by Crippen LogP contribution is 2.50. The molecule has 0 bridgehead atoms. The molecule has 4 heterocycles. The van der Waals surface area contributed by atoms with Gasteiger partial charge in [-0.3, -0.25) is 9.78 Å². The van der Waals surface area contributed by atoms with E-state index in [1.165, 1.54) is 24.0 Å². The van der Waals surface area contributed by atoms with E-state index >= 15 is 0 Å². The molecule has 3 aromatic heterocycles. The molecule has 1 aromatic carbocycles. The normalized spacial score (nSPS) is 16.1. The largest absolute Gasteiger partial charge is 0.324 e. The van der Waals surface area contributed by atoms with Gasteiger partial charge >= 0.3 is 0 Å². The standard InChI is InChI=1S/C27H28N8O/c1-4-34-24(36)20-14-31-25(32-18-5-6-21-17(11-18)13-29-16-27(21)8-9-27)33-23(20)35(34)19-7-10-30-22(12-19)26(2,3)15-28/h5-7,10-12,14,29H,4,8-9,13,16H2,1-3H3,(H,31,32,33). The van der Waals surface area contributed by atoms with E-state index in [-0.39, 0.29) is 5.56 Å². The van der Waals surface area contributed by atoms with Gasteiger partial charge in [0.05, 0.1) is 22.9 Å². The minimum Gasteiger partial charge on any atom is -0.324 e. The number of nitrogens with one attached hydrogen (secondary N) is 2. The average Bonchev–Trinajstić information content (AvgIpc) is 3.60. The number of benzene rings is 1. The Morgan fingerprint density at radius 2 is 2.06 bits per heavy atom. The Morgan fingerprint density at radius 3 is 2.81 bits per heavy atom. The predicted molar refractivity (Wildman–Crippen MR) is 138 cm³/mol. The first kappa shape index (κ1) is 22.4. The quantitative estimate of drug-likeness (QED) is 0.448. The van der Waals surface area contributed by atoms with Crippen molar-refractivity contribution in [2.24, 2.45) is 0 Å². The SMILES string of the molecule is CCn1c(=O)c2cnc(Nc3ccc4c(c3)CNCC43CC3)nc2n1-c1ccnc(C(C)(C)C#N)c1. The van der Waals surface area contributed by atoms with Crippen LogP contribution in [0.3, 0.4) is 0 Å². The second kappa shape index (κ2) is 8.00. The average molecular weight is 481 g/mol. The van der Waals surface area contributed by atoms with Crippen LogP contribution in [0.1, 0.15) is 50.4 Å². The molecule has 1 saturated carbocycles. The zero-order chi connectivity index (χ0) is 25.1. The Kier molecular flexibility index (Phi) is 4.99. The predicted octanol–water partition coefficient (Wildman–Crippen LogP) is 3.68. The maximum absolute atomic E-state index is 13.2. The van der Waals surface area contributed by atoms with E-state index in [2.05, 4.69) is 44.9 Å². The lowest BCUT2D eigenvalue weighted by Crippen LogP contribution is -2.33. The van der Waals surface area contributed by atoms with Crippen LogP contribution in [0.5, 0.6) is 0 Å². The number of fused-ring (bicyclic) bond motifs is 3. The molecule has 1 aliphatic carbocycles. The van der Waals surface area contributed by atoms with Crippen molar-refractivity contribution < 1.29 is 0 Å². The molecule has 1 aliphatic heterocycles. The lowest BCUT2D eigenvalue weighted by molar-refractivity contribution is 0.531. The van der Waals surface area contributed by atoms with Gasteiger partial charge in [0.2, 0.25) is 5.95 Å². The zero-order valence-electron chi connectivity index (χ0n) is 20.7. The second-order valence-electron chi connectivity index (χ2n) is 10.3. The van der Waals surface area contributed by atoms with E-state index in [9.17, 15) is 10.1 Å².